The van der Waals surface area contributed by atoms with Gasteiger partial charge in [0.1, 0.15) is 12.3 Å². The fourth-order valence-corrected chi connectivity index (χ4v) is 2.18. The number of esters is 2. The van der Waals surface area contributed by atoms with Crippen LogP contribution in [-0.4, -0.2) is 28.6 Å². The van der Waals surface area contributed by atoms with E-state index in [1.54, 1.807) is 6.92 Å². The van der Waals surface area contributed by atoms with Crippen LogP contribution in [0, 0.1) is 0 Å². The molecular formula is C14H17NO6. The summed E-state index contributed by atoms with van der Waals surface area (Å²) in [6.45, 7) is 3.43. The smallest absolute Gasteiger partial charge is 0.354 e. The average molecular weight is 295 g/mol. The molecule has 21 heavy (non-hydrogen) atoms. The number of fused-ring (bicyclic) bond motifs is 1. The second-order valence-corrected chi connectivity index (χ2v) is 4.83. The molecule has 0 aliphatic carbocycles. The fraction of sp³-hybridized carbons (Fsp3) is 0.500. The van der Waals surface area contributed by atoms with E-state index in [1.165, 1.54) is 6.07 Å². The maximum Gasteiger partial charge on any atom is 0.354 e. The van der Waals surface area contributed by atoms with Gasteiger partial charge in [-0.05, 0) is 18.9 Å². The Morgan fingerprint density at radius 2 is 2.19 bits per heavy atom. The number of aliphatic hydroxyl groups is 1. The second-order valence-electron chi connectivity index (χ2n) is 4.83. The minimum atomic E-state index is -1.92. The zero-order valence-corrected chi connectivity index (χ0v) is 11.9. The van der Waals surface area contributed by atoms with Crippen molar-refractivity contribution in [3.8, 4) is 0 Å². The number of aromatic nitrogens is 1. The second kappa shape index (κ2) is 5.69. The Kier molecular flexibility index (Phi) is 4.13. The molecule has 0 spiro atoms. The van der Waals surface area contributed by atoms with Crippen LogP contribution in [0.3, 0.4) is 0 Å². The van der Waals surface area contributed by atoms with Gasteiger partial charge in [0.25, 0.3) is 5.56 Å². The van der Waals surface area contributed by atoms with E-state index in [9.17, 15) is 19.5 Å². The van der Waals surface area contributed by atoms with Gasteiger partial charge in [-0.25, -0.2) is 9.59 Å². The molecule has 7 heteroatoms. The van der Waals surface area contributed by atoms with Gasteiger partial charge in [-0.15, -0.1) is 0 Å². The quantitative estimate of drug-likeness (QED) is 0.788. The maximum atomic E-state index is 12.0. The van der Waals surface area contributed by atoms with Gasteiger partial charge in [-0.3, -0.25) is 4.79 Å². The summed E-state index contributed by atoms with van der Waals surface area (Å²) < 4.78 is 9.78. The minimum Gasteiger partial charge on any atom is -0.461 e. The van der Waals surface area contributed by atoms with Crippen LogP contribution in [-0.2, 0) is 26.5 Å². The molecule has 0 fully saturated rings. The standard InChI is InChI=1S/C14H17NO6/c1-3-5-20-12(17)10-6-9-8(11(16)15-10)7-21-13(18)14(9,19)4-2/h6,19H,3-5,7H2,1-2H3,(H,15,16)/t14-/m1/s1. The fourth-order valence-electron chi connectivity index (χ4n) is 2.18. The average Bonchev–Trinajstić information content (AvgIpc) is 2.48. The normalized spacial score (nSPS) is 20.6. The highest BCUT2D eigenvalue weighted by Gasteiger charge is 2.44. The van der Waals surface area contributed by atoms with Gasteiger partial charge in [0, 0.05) is 5.56 Å². The number of nitrogens with one attached hydrogen (secondary N) is 1. The number of pyridine rings is 1. The van der Waals surface area contributed by atoms with Crippen LogP contribution >= 0.6 is 0 Å². The van der Waals surface area contributed by atoms with E-state index in [1.807, 2.05) is 6.92 Å². The van der Waals surface area contributed by atoms with Gasteiger partial charge < -0.3 is 19.6 Å². The summed E-state index contributed by atoms with van der Waals surface area (Å²) in [6.07, 6.45) is 0.678. The van der Waals surface area contributed by atoms with Crippen molar-refractivity contribution in [3.05, 3.63) is 33.2 Å². The lowest BCUT2D eigenvalue weighted by atomic mass is 9.86. The number of ether oxygens (including phenoxy) is 2. The van der Waals surface area contributed by atoms with Crippen molar-refractivity contribution in [1.82, 2.24) is 4.98 Å². The molecule has 2 heterocycles. The van der Waals surface area contributed by atoms with E-state index >= 15 is 0 Å². The topological polar surface area (TPSA) is 106 Å². The Labute approximate surface area is 120 Å². The highest BCUT2D eigenvalue weighted by molar-refractivity contribution is 5.89. The molecule has 0 aromatic carbocycles. The predicted molar refractivity (Wildman–Crippen MR) is 71.6 cm³/mol. The number of cyclic esters (lactones) is 1. The van der Waals surface area contributed by atoms with Crippen molar-refractivity contribution in [2.24, 2.45) is 0 Å². The SMILES string of the molecule is CCCOC(=O)c1cc2c(c(=O)[nH]1)COC(=O)[C@@]2(O)CC. The molecular weight excluding hydrogens is 278 g/mol. The predicted octanol–water partition coefficient (Wildman–Crippen LogP) is 0.596. The zero-order chi connectivity index (χ0) is 15.6. The van der Waals surface area contributed by atoms with Gasteiger partial charge >= 0.3 is 11.9 Å². The van der Waals surface area contributed by atoms with Gasteiger partial charge in [0.15, 0.2) is 5.60 Å². The lowest BCUT2D eigenvalue weighted by Gasteiger charge is -2.31. The molecule has 0 saturated carbocycles. The Morgan fingerprint density at radius 1 is 1.48 bits per heavy atom. The first-order valence-electron chi connectivity index (χ1n) is 6.77. The molecule has 1 aromatic rings. The summed E-state index contributed by atoms with van der Waals surface area (Å²) >= 11 is 0. The molecule has 1 aromatic heterocycles. The number of hydrogen-bond acceptors (Lipinski definition) is 6. The van der Waals surface area contributed by atoms with E-state index in [-0.39, 0.29) is 36.5 Å². The summed E-state index contributed by atoms with van der Waals surface area (Å²) in [4.78, 5) is 38.0. The lowest BCUT2D eigenvalue weighted by molar-refractivity contribution is -0.172. The highest BCUT2D eigenvalue weighted by atomic mass is 16.6. The van der Waals surface area contributed by atoms with E-state index in [2.05, 4.69) is 4.98 Å². The molecule has 0 saturated heterocycles. The summed E-state index contributed by atoms with van der Waals surface area (Å²) in [7, 11) is 0. The van der Waals surface area contributed by atoms with Crippen LogP contribution in [0.1, 0.15) is 48.3 Å². The van der Waals surface area contributed by atoms with Crippen molar-refractivity contribution in [3.63, 3.8) is 0 Å². The molecule has 1 atom stereocenters. The van der Waals surface area contributed by atoms with Crippen molar-refractivity contribution < 1.29 is 24.2 Å². The largest absolute Gasteiger partial charge is 0.461 e. The number of aromatic amines is 1. The number of H-pyrrole nitrogens is 1. The Bertz CT molecular complexity index is 635. The molecule has 1 aliphatic rings. The van der Waals surface area contributed by atoms with E-state index in [0.29, 0.717) is 6.42 Å². The molecule has 0 bridgehead atoms. The van der Waals surface area contributed by atoms with E-state index < -0.39 is 23.1 Å². The third-order valence-corrected chi connectivity index (χ3v) is 3.44. The summed E-state index contributed by atoms with van der Waals surface area (Å²) in [5.41, 5.74) is -2.33. The molecule has 0 radical (unpaired) electrons. The third-order valence-electron chi connectivity index (χ3n) is 3.44. The monoisotopic (exact) mass is 295 g/mol. The molecule has 1 aliphatic heterocycles. The Morgan fingerprint density at radius 3 is 2.81 bits per heavy atom. The first kappa shape index (κ1) is 15.2. The van der Waals surface area contributed by atoms with Crippen LogP contribution in [0.25, 0.3) is 0 Å². The first-order valence-corrected chi connectivity index (χ1v) is 6.77. The first-order chi connectivity index (χ1) is 9.93. The van der Waals surface area contributed by atoms with Gasteiger partial charge in [0.05, 0.1) is 12.2 Å². The number of carbonyl (C=O) groups is 2. The van der Waals surface area contributed by atoms with E-state index in [0.717, 1.165) is 0 Å². The van der Waals surface area contributed by atoms with Crippen molar-refractivity contribution >= 4 is 11.9 Å². The van der Waals surface area contributed by atoms with Gasteiger partial charge in [-0.2, -0.15) is 0 Å². The molecule has 0 unspecified atom stereocenters. The minimum absolute atomic E-state index is 0.0335. The highest BCUT2D eigenvalue weighted by Crippen LogP contribution is 2.32. The van der Waals surface area contributed by atoms with Crippen LogP contribution in [0.2, 0.25) is 0 Å². The number of hydrogen-bond donors (Lipinski definition) is 2. The Balaban J connectivity index is 2.52. The molecule has 0 amide bonds. The van der Waals surface area contributed by atoms with Crippen LogP contribution in [0.4, 0.5) is 0 Å². The molecule has 2 rings (SSSR count). The van der Waals surface area contributed by atoms with Gasteiger partial charge in [-0.1, -0.05) is 13.8 Å². The molecule has 2 N–H and O–H groups in total. The summed E-state index contributed by atoms with van der Waals surface area (Å²) in [6, 6.07) is 1.29. The number of rotatable bonds is 4. The van der Waals surface area contributed by atoms with Crippen molar-refractivity contribution in [1.29, 1.82) is 0 Å². The molecule has 114 valence electrons. The van der Waals surface area contributed by atoms with Crippen molar-refractivity contribution in [2.45, 2.75) is 38.9 Å². The zero-order valence-electron chi connectivity index (χ0n) is 11.9. The Hall–Kier alpha value is -2.15. The van der Waals surface area contributed by atoms with Crippen molar-refractivity contribution in [2.75, 3.05) is 6.61 Å². The van der Waals surface area contributed by atoms with Gasteiger partial charge in [0.2, 0.25) is 0 Å². The summed E-state index contributed by atoms with van der Waals surface area (Å²) in [5, 5.41) is 10.4. The summed E-state index contributed by atoms with van der Waals surface area (Å²) in [5.74, 6) is -1.52. The molecule has 7 nitrogen and oxygen atoms in total. The number of carbonyl (C=O) groups excluding carboxylic acids is 2. The maximum absolute atomic E-state index is 12.0. The third kappa shape index (κ3) is 2.56. The lowest BCUT2D eigenvalue weighted by Crippen LogP contribution is -2.43. The van der Waals surface area contributed by atoms with E-state index in [4.69, 9.17) is 9.47 Å². The van der Waals surface area contributed by atoms with Crippen LogP contribution in [0.15, 0.2) is 10.9 Å². The van der Waals surface area contributed by atoms with Crippen LogP contribution < -0.4 is 5.56 Å². The van der Waals surface area contributed by atoms with Crippen LogP contribution in [0.5, 0.6) is 0 Å².